The van der Waals surface area contributed by atoms with Gasteiger partial charge in [0.05, 0.1) is 20.5 Å². The molecule has 0 radical (unpaired) electrons. The largest absolute Gasteiger partial charge is 0.329 e. The van der Waals surface area contributed by atoms with E-state index in [0.717, 1.165) is 0 Å². The van der Waals surface area contributed by atoms with Crippen LogP contribution in [0.3, 0.4) is 0 Å². The topological polar surface area (TPSA) is 92.6 Å². The molecule has 0 spiro atoms. The van der Waals surface area contributed by atoms with Gasteiger partial charge in [0.2, 0.25) is 5.91 Å². The van der Waals surface area contributed by atoms with Gasteiger partial charge in [-0.2, -0.15) is 0 Å². The van der Waals surface area contributed by atoms with Crippen LogP contribution in [-0.4, -0.2) is 41.0 Å². The van der Waals surface area contributed by atoms with Crippen LogP contribution < -0.4 is 5.32 Å². The van der Waals surface area contributed by atoms with Gasteiger partial charge in [0.15, 0.2) is 0 Å². The van der Waals surface area contributed by atoms with Crippen LogP contribution in [0.1, 0.15) is 23.7 Å². The molecule has 0 aliphatic rings. The molecule has 10 heteroatoms. The molecule has 0 aliphatic carbocycles. The molecule has 2 rings (SSSR count). The number of hydrogen-bond acceptors (Lipinski definition) is 5. The van der Waals surface area contributed by atoms with E-state index in [-0.39, 0.29) is 22.8 Å². The van der Waals surface area contributed by atoms with Gasteiger partial charge in [0, 0.05) is 23.2 Å². The number of halogens is 2. The maximum absolute atomic E-state index is 12.9. The molecule has 0 atom stereocenters. The third-order valence-electron chi connectivity index (χ3n) is 3.94. The van der Waals surface area contributed by atoms with E-state index in [1.54, 1.807) is 18.4 Å². The standard InChI is InChI=1S/C19H19Cl2N3O4S/c1-3-8-23(11-18(25)22-15-6-5-13(20)10-14(15)21)19(26)12-4-7-17(29-2)16(9-12)24(27)28/h4-7,9-10H,3,8,11H2,1-2H3,(H,22,25). The first-order chi connectivity index (χ1) is 13.8. The highest BCUT2D eigenvalue weighted by Crippen LogP contribution is 2.29. The summed E-state index contributed by atoms with van der Waals surface area (Å²) >= 11 is 13.1. The van der Waals surface area contributed by atoms with Gasteiger partial charge >= 0.3 is 0 Å². The molecule has 29 heavy (non-hydrogen) atoms. The Hall–Kier alpha value is -2.29. The molecule has 7 nitrogen and oxygen atoms in total. The third kappa shape index (κ3) is 6.09. The molecule has 0 aromatic heterocycles. The Morgan fingerprint density at radius 3 is 2.52 bits per heavy atom. The number of benzene rings is 2. The van der Waals surface area contributed by atoms with Crippen molar-refractivity contribution in [2.75, 3.05) is 24.7 Å². The van der Waals surface area contributed by atoms with E-state index in [2.05, 4.69) is 5.32 Å². The van der Waals surface area contributed by atoms with Gasteiger partial charge in [-0.15, -0.1) is 11.8 Å². The summed E-state index contributed by atoms with van der Waals surface area (Å²) in [5, 5.41) is 14.6. The third-order valence-corrected chi connectivity index (χ3v) is 5.28. The summed E-state index contributed by atoms with van der Waals surface area (Å²) in [5.41, 5.74) is 0.391. The average molecular weight is 456 g/mol. The monoisotopic (exact) mass is 455 g/mol. The summed E-state index contributed by atoms with van der Waals surface area (Å²) in [7, 11) is 0. The predicted octanol–water partition coefficient (Wildman–Crippen LogP) is 5.11. The first-order valence-electron chi connectivity index (χ1n) is 8.63. The van der Waals surface area contributed by atoms with Crippen molar-refractivity contribution >= 4 is 58.2 Å². The molecule has 0 unspecified atom stereocenters. The first-order valence-corrected chi connectivity index (χ1v) is 10.6. The predicted molar refractivity (Wildman–Crippen MR) is 116 cm³/mol. The van der Waals surface area contributed by atoms with Crippen molar-refractivity contribution in [3.05, 3.63) is 62.1 Å². The highest BCUT2D eigenvalue weighted by Gasteiger charge is 2.22. The minimum atomic E-state index is -0.526. The first kappa shape index (κ1) is 23.0. The maximum atomic E-state index is 12.9. The number of carbonyl (C=O) groups excluding carboxylic acids is 2. The molecular formula is C19H19Cl2N3O4S. The van der Waals surface area contributed by atoms with Gasteiger partial charge < -0.3 is 10.2 Å². The molecule has 0 aliphatic heterocycles. The van der Waals surface area contributed by atoms with Crippen molar-refractivity contribution in [3.8, 4) is 0 Å². The Bertz CT molecular complexity index is 940. The molecule has 2 aromatic rings. The Balaban J connectivity index is 2.20. The van der Waals surface area contributed by atoms with E-state index >= 15 is 0 Å². The van der Waals surface area contributed by atoms with Crippen molar-refractivity contribution in [1.29, 1.82) is 0 Å². The van der Waals surface area contributed by atoms with Crippen molar-refractivity contribution in [2.24, 2.45) is 0 Å². The van der Waals surface area contributed by atoms with Crippen LogP contribution in [0.2, 0.25) is 10.0 Å². The number of thioether (sulfide) groups is 1. The van der Waals surface area contributed by atoms with E-state index in [0.29, 0.717) is 28.6 Å². The zero-order valence-corrected chi connectivity index (χ0v) is 18.1. The molecule has 0 saturated heterocycles. The lowest BCUT2D eigenvalue weighted by Gasteiger charge is -2.22. The van der Waals surface area contributed by atoms with Crippen LogP contribution in [-0.2, 0) is 4.79 Å². The Morgan fingerprint density at radius 2 is 1.93 bits per heavy atom. The SMILES string of the molecule is CCCN(CC(=O)Nc1ccc(Cl)cc1Cl)C(=O)c1ccc(SC)c([N+](=O)[O-])c1. The number of carbonyl (C=O) groups is 2. The molecule has 0 saturated carbocycles. The highest BCUT2D eigenvalue weighted by molar-refractivity contribution is 7.98. The summed E-state index contributed by atoms with van der Waals surface area (Å²) in [5.74, 6) is -0.897. The van der Waals surface area contributed by atoms with Gasteiger partial charge in [-0.1, -0.05) is 30.1 Å². The lowest BCUT2D eigenvalue weighted by Crippen LogP contribution is -2.38. The number of amides is 2. The quantitative estimate of drug-likeness (QED) is 0.338. The van der Waals surface area contributed by atoms with E-state index in [1.807, 2.05) is 6.92 Å². The van der Waals surface area contributed by atoms with Crippen LogP contribution in [0.4, 0.5) is 11.4 Å². The van der Waals surface area contributed by atoms with Crippen molar-refractivity contribution < 1.29 is 14.5 Å². The summed E-state index contributed by atoms with van der Waals surface area (Å²) in [6, 6.07) is 8.96. The number of nitro benzene ring substituents is 1. The van der Waals surface area contributed by atoms with Gasteiger partial charge in [0.1, 0.15) is 6.54 Å². The van der Waals surface area contributed by atoms with Crippen LogP contribution in [0.15, 0.2) is 41.3 Å². The Labute approximate surface area is 182 Å². The van der Waals surface area contributed by atoms with Crippen molar-refractivity contribution in [2.45, 2.75) is 18.2 Å². The Kier molecular flexibility index (Phi) is 8.31. The minimum Gasteiger partial charge on any atom is -0.329 e. The van der Waals surface area contributed by atoms with Crippen molar-refractivity contribution in [1.82, 2.24) is 4.90 Å². The molecular weight excluding hydrogens is 437 g/mol. The van der Waals surface area contributed by atoms with E-state index in [1.165, 1.54) is 40.9 Å². The lowest BCUT2D eigenvalue weighted by molar-refractivity contribution is -0.387. The van der Waals surface area contributed by atoms with Gasteiger partial charge in [-0.3, -0.25) is 19.7 Å². The molecule has 0 heterocycles. The molecule has 0 fully saturated rings. The Morgan fingerprint density at radius 1 is 1.21 bits per heavy atom. The molecule has 2 aromatic carbocycles. The summed E-state index contributed by atoms with van der Waals surface area (Å²) in [4.78, 5) is 37.9. The minimum absolute atomic E-state index is 0.141. The lowest BCUT2D eigenvalue weighted by atomic mass is 10.1. The second-order valence-corrected chi connectivity index (χ2v) is 7.73. The summed E-state index contributed by atoms with van der Waals surface area (Å²) in [6.07, 6.45) is 2.34. The van der Waals surface area contributed by atoms with Crippen LogP contribution in [0, 0.1) is 10.1 Å². The van der Waals surface area contributed by atoms with Gasteiger partial charge in [-0.25, -0.2) is 0 Å². The molecule has 1 N–H and O–H groups in total. The zero-order chi connectivity index (χ0) is 21.6. The average Bonchev–Trinajstić information content (AvgIpc) is 2.68. The number of nitrogens with one attached hydrogen (secondary N) is 1. The van der Waals surface area contributed by atoms with Crippen molar-refractivity contribution in [3.63, 3.8) is 0 Å². The van der Waals surface area contributed by atoms with Crippen LogP contribution in [0.25, 0.3) is 0 Å². The van der Waals surface area contributed by atoms with Gasteiger partial charge in [0.25, 0.3) is 11.6 Å². The zero-order valence-electron chi connectivity index (χ0n) is 15.8. The second kappa shape index (κ2) is 10.5. The highest BCUT2D eigenvalue weighted by atomic mass is 35.5. The van der Waals surface area contributed by atoms with E-state index in [4.69, 9.17) is 23.2 Å². The van der Waals surface area contributed by atoms with Crippen LogP contribution >= 0.6 is 35.0 Å². The van der Waals surface area contributed by atoms with E-state index < -0.39 is 16.7 Å². The van der Waals surface area contributed by atoms with E-state index in [9.17, 15) is 19.7 Å². The molecule has 154 valence electrons. The number of nitro groups is 1. The molecule has 2 amide bonds. The normalized spacial score (nSPS) is 10.5. The number of rotatable bonds is 8. The number of anilines is 1. The fraction of sp³-hybridized carbons (Fsp3) is 0.263. The van der Waals surface area contributed by atoms with Gasteiger partial charge in [-0.05, 0) is 43.0 Å². The maximum Gasteiger partial charge on any atom is 0.283 e. The van der Waals surface area contributed by atoms with Crippen LogP contribution in [0.5, 0.6) is 0 Å². The summed E-state index contributed by atoms with van der Waals surface area (Å²) < 4.78 is 0. The fourth-order valence-corrected chi connectivity index (χ4v) is 3.63. The molecule has 0 bridgehead atoms. The smallest absolute Gasteiger partial charge is 0.283 e. The summed E-state index contributed by atoms with van der Waals surface area (Å²) in [6.45, 7) is 1.97. The number of nitrogens with zero attached hydrogens (tertiary/aromatic N) is 2. The number of hydrogen-bond donors (Lipinski definition) is 1. The fourth-order valence-electron chi connectivity index (χ4n) is 2.62. The second-order valence-electron chi connectivity index (χ2n) is 6.04.